The smallest absolute Gasteiger partial charge is 0.144 e. The Labute approximate surface area is 114 Å². The first-order valence-corrected chi connectivity index (χ1v) is 7.04. The zero-order chi connectivity index (χ0) is 12.5. The van der Waals surface area contributed by atoms with Gasteiger partial charge < -0.3 is 5.32 Å². The SMILES string of the molecule is CCCCCCCCNc1ncc(Cl)cc1Cl. The molecule has 0 amide bonds. The van der Waals surface area contributed by atoms with E-state index >= 15 is 0 Å². The van der Waals surface area contributed by atoms with Crippen LogP contribution in [0.3, 0.4) is 0 Å². The Morgan fingerprint density at radius 3 is 2.53 bits per heavy atom. The molecule has 0 aliphatic carbocycles. The average molecular weight is 275 g/mol. The molecule has 0 aliphatic rings. The molecule has 1 rings (SSSR count). The normalized spacial score (nSPS) is 10.5. The van der Waals surface area contributed by atoms with E-state index in [-0.39, 0.29) is 0 Å². The zero-order valence-corrected chi connectivity index (χ0v) is 11.8. The lowest BCUT2D eigenvalue weighted by molar-refractivity contribution is 0.617. The summed E-state index contributed by atoms with van der Waals surface area (Å²) in [5.74, 6) is 0.727. The molecule has 0 spiro atoms. The summed E-state index contributed by atoms with van der Waals surface area (Å²) in [7, 11) is 0. The molecule has 4 heteroatoms. The maximum atomic E-state index is 6.00. The van der Waals surface area contributed by atoms with E-state index in [0.717, 1.165) is 18.8 Å². The molecule has 0 aromatic carbocycles. The first-order valence-electron chi connectivity index (χ1n) is 6.29. The van der Waals surface area contributed by atoms with Gasteiger partial charge in [0, 0.05) is 12.7 Å². The van der Waals surface area contributed by atoms with Crippen LogP contribution in [0.1, 0.15) is 45.4 Å². The Morgan fingerprint density at radius 2 is 1.82 bits per heavy atom. The highest BCUT2D eigenvalue weighted by atomic mass is 35.5. The van der Waals surface area contributed by atoms with Crippen molar-refractivity contribution in [1.82, 2.24) is 4.98 Å². The molecule has 0 saturated carbocycles. The van der Waals surface area contributed by atoms with E-state index in [4.69, 9.17) is 23.2 Å². The predicted octanol–water partition coefficient (Wildman–Crippen LogP) is 5.16. The standard InChI is InChI=1S/C13H20Cl2N2/c1-2-3-4-5-6-7-8-16-13-12(15)9-11(14)10-17-13/h9-10H,2-8H2,1H3,(H,16,17). The third kappa shape index (κ3) is 6.13. The molecule has 0 atom stereocenters. The minimum absolute atomic E-state index is 0.570. The highest BCUT2D eigenvalue weighted by Gasteiger charge is 2.01. The lowest BCUT2D eigenvalue weighted by atomic mass is 10.1. The van der Waals surface area contributed by atoms with Crippen molar-refractivity contribution in [3.05, 3.63) is 22.3 Å². The van der Waals surface area contributed by atoms with Crippen LogP contribution < -0.4 is 5.32 Å². The van der Waals surface area contributed by atoms with E-state index < -0.39 is 0 Å². The van der Waals surface area contributed by atoms with Crippen LogP contribution >= 0.6 is 23.2 Å². The van der Waals surface area contributed by atoms with Gasteiger partial charge in [-0.2, -0.15) is 0 Å². The molecule has 1 aromatic heterocycles. The first kappa shape index (κ1) is 14.6. The molecule has 2 nitrogen and oxygen atoms in total. The van der Waals surface area contributed by atoms with Crippen LogP contribution in [0.4, 0.5) is 5.82 Å². The Bertz CT molecular complexity index is 329. The van der Waals surface area contributed by atoms with E-state index in [2.05, 4.69) is 17.2 Å². The zero-order valence-electron chi connectivity index (χ0n) is 10.3. The van der Waals surface area contributed by atoms with Crippen molar-refractivity contribution >= 4 is 29.0 Å². The lowest BCUT2D eigenvalue weighted by Crippen LogP contribution is -2.03. The fourth-order valence-electron chi connectivity index (χ4n) is 1.66. The summed E-state index contributed by atoms with van der Waals surface area (Å²) in [6, 6.07) is 1.71. The molecule has 0 fully saturated rings. The van der Waals surface area contributed by atoms with Gasteiger partial charge >= 0.3 is 0 Å². The number of aromatic nitrogens is 1. The van der Waals surface area contributed by atoms with Crippen molar-refractivity contribution in [2.75, 3.05) is 11.9 Å². The van der Waals surface area contributed by atoms with E-state index in [9.17, 15) is 0 Å². The second-order valence-corrected chi connectivity index (χ2v) is 5.02. The van der Waals surface area contributed by atoms with Crippen molar-refractivity contribution in [2.45, 2.75) is 45.4 Å². The van der Waals surface area contributed by atoms with Gasteiger partial charge in [0.25, 0.3) is 0 Å². The predicted molar refractivity (Wildman–Crippen MR) is 76.1 cm³/mol. The number of halogens is 2. The summed E-state index contributed by atoms with van der Waals surface area (Å²) in [5, 5.41) is 4.39. The van der Waals surface area contributed by atoms with Gasteiger partial charge in [0.1, 0.15) is 5.82 Å². The van der Waals surface area contributed by atoms with Crippen molar-refractivity contribution in [2.24, 2.45) is 0 Å². The van der Waals surface area contributed by atoms with E-state index in [1.807, 2.05) is 0 Å². The molecule has 0 unspecified atom stereocenters. The Morgan fingerprint density at radius 1 is 1.12 bits per heavy atom. The van der Waals surface area contributed by atoms with Crippen LogP contribution in [0, 0.1) is 0 Å². The number of nitrogens with zero attached hydrogens (tertiary/aromatic N) is 1. The second kappa shape index (κ2) is 8.60. The Kier molecular flexibility index (Phi) is 7.38. The molecule has 1 aromatic rings. The van der Waals surface area contributed by atoms with E-state index in [0.29, 0.717) is 10.0 Å². The Balaban J connectivity index is 2.14. The topological polar surface area (TPSA) is 24.9 Å². The highest BCUT2D eigenvalue weighted by Crippen LogP contribution is 2.22. The fraction of sp³-hybridized carbons (Fsp3) is 0.615. The molecule has 17 heavy (non-hydrogen) atoms. The number of nitrogens with one attached hydrogen (secondary N) is 1. The highest BCUT2D eigenvalue weighted by molar-refractivity contribution is 6.35. The van der Waals surface area contributed by atoms with Crippen LogP contribution in [0.25, 0.3) is 0 Å². The lowest BCUT2D eigenvalue weighted by Gasteiger charge is -2.07. The van der Waals surface area contributed by atoms with Crippen LogP contribution in [-0.4, -0.2) is 11.5 Å². The molecular weight excluding hydrogens is 255 g/mol. The molecule has 0 saturated heterocycles. The minimum Gasteiger partial charge on any atom is -0.369 e. The second-order valence-electron chi connectivity index (χ2n) is 4.18. The number of unbranched alkanes of at least 4 members (excludes halogenated alkanes) is 5. The number of anilines is 1. The van der Waals surface area contributed by atoms with Crippen LogP contribution in [-0.2, 0) is 0 Å². The van der Waals surface area contributed by atoms with Gasteiger partial charge in [-0.15, -0.1) is 0 Å². The summed E-state index contributed by atoms with van der Waals surface area (Å²) in [5.41, 5.74) is 0. The van der Waals surface area contributed by atoms with Crippen LogP contribution in [0.2, 0.25) is 10.0 Å². The maximum Gasteiger partial charge on any atom is 0.144 e. The van der Waals surface area contributed by atoms with Gasteiger partial charge in [-0.05, 0) is 12.5 Å². The van der Waals surface area contributed by atoms with Gasteiger partial charge in [0.2, 0.25) is 0 Å². The summed E-state index contributed by atoms with van der Waals surface area (Å²) in [6.45, 7) is 3.15. The summed E-state index contributed by atoms with van der Waals surface area (Å²) < 4.78 is 0. The average Bonchev–Trinajstić information content (AvgIpc) is 2.30. The fourth-order valence-corrected chi connectivity index (χ4v) is 2.10. The van der Waals surface area contributed by atoms with Crippen molar-refractivity contribution < 1.29 is 0 Å². The van der Waals surface area contributed by atoms with Crippen molar-refractivity contribution in [3.8, 4) is 0 Å². The van der Waals surface area contributed by atoms with Crippen molar-refractivity contribution in [3.63, 3.8) is 0 Å². The van der Waals surface area contributed by atoms with Gasteiger partial charge in [-0.3, -0.25) is 0 Å². The van der Waals surface area contributed by atoms with Gasteiger partial charge in [-0.1, -0.05) is 62.2 Å². The minimum atomic E-state index is 0.570. The summed E-state index contributed by atoms with van der Waals surface area (Å²) >= 11 is 11.8. The molecule has 96 valence electrons. The molecule has 0 bridgehead atoms. The van der Waals surface area contributed by atoms with E-state index in [1.54, 1.807) is 12.3 Å². The molecule has 0 radical (unpaired) electrons. The number of hydrogen-bond donors (Lipinski definition) is 1. The third-order valence-electron chi connectivity index (χ3n) is 2.63. The quantitative estimate of drug-likeness (QED) is 0.663. The molecular formula is C13H20Cl2N2. The van der Waals surface area contributed by atoms with Crippen LogP contribution in [0.15, 0.2) is 12.3 Å². The number of rotatable bonds is 8. The van der Waals surface area contributed by atoms with Gasteiger partial charge in [0.15, 0.2) is 0 Å². The number of hydrogen-bond acceptors (Lipinski definition) is 2. The molecule has 0 aliphatic heterocycles. The molecule has 1 heterocycles. The molecule has 1 N–H and O–H groups in total. The first-order chi connectivity index (χ1) is 8.24. The summed E-state index contributed by atoms with van der Waals surface area (Å²) in [6.07, 6.45) is 9.33. The van der Waals surface area contributed by atoms with Gasteiger partial charge in [0.05, 0.1) is 10.0 Å². The van der Waals surface area contributed by atoms with Crippen LogP contribution in [0.5, 0.6) is 0 Å². The number of pyridine rings is 1. The third-order valence-corrected chi connectivity index (χ3v) is 3.13. The maximum absolute atomic E-state index is 6.00. The largest absolute Gasteiger partial charge is 0.369 e. The Hall–Kier alpha value is -0.470. The monoisotopic (exact) mass is 274 g/mol. The van der Waals surface area contributed by atoms with Gasteiger partial charge in [-0.25, -0.2) is 4.98 Å². The van der Waals surface area contributed by atoms with Crippen molar-refractivity contribution in [1.29, 1.82) is 0 Å². The van der Waals surface area contributed by atoms with E-state index in [1.165, 1.54) is 32.1 Å². The summed E-state index contributed by atoms with van der Waals surface area (Å²) in [4.78, 5) is 4.15.